The summed E-state index contributed by atoms with van der Waals surface area (Å²) in [6.07, 6.45) is 5.77. The normalized spacial score (nSPS) is 15.3. The number of carbonyl (C=O) groups excluding carboxylic acids is 2. The summed E-state index contributed by atoms with van der Waals surface area (Å²) in [6, 6.07) is 0.384. The number of Topliss-reactive ketones (excluding diaryl/α,β-unsaturated/α-hetero) is 1. The molecule has 0 aliphatic heterocycles. The number of carbonyl (C=O) groups is 2. The van der Waals surface area contributed by atoms with Gasteiger partial charge in [0.15, 0.2) is 5.78 Å². The zero-order valence-electron chi connectivity index (χ0n) is 12.2. The lowest BCUT2D eigenvalue weighted by Crippen LogP contribution is -2.49. The molecule has 3 unspecified atom stereocenters. The topological polar surface area (TPSA) is 82.0 Å². The van der Waals surface area contributed by atoms with Crippen LogP contribution >= 0.6 is 0 Å². The predicted octanol–water partition coefficient (Wildman–Crippen LogP) is 1.51. The van der Waals surface area contributed by atoms with Crippen molar-refractivity contribution in [1.82, 2.24) is 10.6 Å². The average molecular weight is 269 g/mol. The lowest BCUT2D eigenvalue weighted by molar-refractivity contribution is -0.112. The first-order valence-electron chi connectivity index (χ1n) is 7.00. The van der Waals surface area contributed by atoms with E-state index in [0.717, 1.165) is 38.3 Å². The molecule has 0 spiro atoms. The van der Waals surface area contributed by atoms with Crippen LogP contribution in [0.4, 0.5) is 0 Å². The molecule has 0 aromatic heterocycles. The predicted molar refractivity (Wildman–Crippen MR) is 77.5 cm³/mol. The van der Waals surface area contributed by atoms with Crippen LogP contribution in [0.5, 0.6) is 0 Å². The maximum Gasteiger partial charge on any atom is 0.207 e. The molecule has 0 fully saturated rings. The van der Waals surface area contributed by atoms with Crippen LogP contribution in [0.3, 0.4) is 0 Å². The number of hydrogen-bond donors (Lipinski definition) is 3. The second kappa shape index (κ2) is 10.7. The van der Waals surface area contributed by atoms with E-state index >= 15 is 0 Å². The Labute approximate surface area is 116 Å². The number of nitrogens with one attached hydrogen (secondary N) is 3. The van der Waals surface area contributed by atoms with Crippen molar-refractivity contribution < 1.29 is 9.59 Å². The molecule has 0 aliphatic carbocycles. The summed E-state index contributed by atoms with van der Waals surface area (Å²) < 4.78 is 0. The second-order valence-corrected chi connectivity index (χ2v) is 4.95. The van der Waals surface area contributed by atoms with Gasteiger partial charge in [0, 0.05) is 18.5 Å². The minimum Gasteiger partial charge on any atom is -0.354 e. The summed E-state index contributed by atoms with van der Waals surface area (Å²) in [5.74, 6) is 0.245. The summed E-state index contributed by atoms with van der Waals surface area (Å²) in [7, 11) is 1.91. The van der Waals surface area contributed by atoms with E-state index in [2.05, 4.69) is 24.5 Å². The van der Waals surface area contributed by atoms with Gasteiger partial charge in [-0.3, -0.25) is 9.59 Å². The zero-order valence-corrected chi connectivity index (χ0v) is 12.2. The van der Waals surface area contributed by atoms with Crippen molar-refractivity contribution in [2.24, 2.45) is 5.92 Å². The van der Waals surface area contributed by atoms with Crippen LogP contribution in [-0.2, 0) is 9.59 Å². The van der Waals surface area contributed by atoms with Crippen molar-refractivity contribution in [2.75, 3.05) is 7.05 Å². The quantitative estimate of drug-likeness (QED) is 0.285. The van der Waals surface area contributed by atoms with Crippen LogP contribution in [0.25, 0.3) is 0 Å². The van der Waals surface area contributed by atoms with Gasteiger partial charge in [-0.1, -0.05) is 20.3 Å². The minimum absolute atomic E-state index is 0.114. The Kier molecular flexibility index (Phi) is 9.98. The molecule has 110 valence electrons. The molecule has 19 heavy (non-hydrogen) atoms. The smallest absolute Gasteiger partial charge is 0.207 e. The van der Waals surface area contributed by atoms with Gasteiger partial charge in [-0.2, -0.15) is 0 Å². The van der Waals surface area contributed by atoms with E-state index in [9.17, 15) is 9.59 Å². The average Bonchev–Trinajstić information content (AvgIpc) is 2.43. The number of unbranched alkanes of at least 4 members (excludes halogenated alkanes) is 1. The van der Waals surface area contributed by atoms with Gasteiger partial charge in [0.2, 0.25) is 6.41 Å². The van der Waals surface area contributed by atoms with E-state index in [4.69, 9.17) is 5.41 Å². The third-order valence-corrected chi connectivity index (χ3v) is 3.61. The lowest BCUT2D eigenvalue weighted by Gasteiger charge is -2.30. The van der Waals surface area contributed by atoms with Gasteiger partial charge in [0.25, 0.3) is 0 Å². The van der Waals surface area contributed by atoms with Crippen LogP contribution in [0, 0.1) is 11.3 Å². The molecular weight excluding hydrogens is 242 g/mol. The number of ketones is 1. The van der Waals surface area contributed by atoms with Crippen LogP contribution < -0.4 is 10.6 Å². The van der Waals surface area contributed by atoms with E-state index in [-0.39, 0.29) is 17.9 Å². The fraction of sp³-hybridized carbons (Fsp3) is 0.786. The Morgan fingerprint density at radius 2 is 2.05 bits per heavy atom. The molecule has 0 aromatic carbocycles. The number of hydrogen-bond acceptors (Lipinski definition) is 4. The Bertz CT molecular complexity index is 278. The first-order valence-corrected chi connectivity index (χ1v) is 7.00. The number of amides is 1. The number of rotatable bonds is 12. The van der Waals surface area contributed by atoms with Crippen molar-refractivity contribution >= 4 is 18.4 Å². The molecule has 0 heterocycles. The monoisotopic (exact) mass is 269 g/mol. The van der Waals surface area contributed by atoms with Crippen LogP contribution in [-0.4, -0.2) is 37.5 Å². The summed E-state index contributed by atoms with van der Waals surface area (Å²) in [5, 5.41) is 13.0. The molecule has 5 nitrogen and oxygen atoms in total. The third kappa shape index (κ3) is 7.06. The second-order valence-electron chi connectivity index (χ2n) is 4.95. The largest absolute Gasteiger partial charge is 0.354 e. The van der Waals surface area contributed by atoms with Crippen LogP contribution in [0.1, 0.15) is 46.0 Å². The van der Waals surface area contributed by atoms with E-state index in [1.165, 1.54) is 0 Å². The highest BCUT2D eigenvalue weighted by Gasteiger charge is 2.23. The Morgan fingerprint density at radius 1 is 1.37 bits per heavy atom. The Balaban J connectivity index is 4.17. The van der Waals surface area contributed by atoms with Gasteiger partial charge < -0.3 is 16.0 Å². The van der Waals surface area contributed by atoms with Crippen molar-refractivity contribution in [3.05, 3.63) is 0 Å². The molecular formula is C14H27N3O2. The van der Waals surface area contributed by atoms with E-state index in [0.29, 0.717) is 12.3 Å². The lowest BCUT2D eigenvalue weighted by atomic mass is 9.89. The molecule has 0 aliphatic rings. The van der Waals surface area contributed by atoms with Gasteiger partial charge in [-0.05, 0) is 32.2 Å². The van der Waals surface area contributed by atoms with Crippen molar-refractivity contribution in [3.8, 4) is 0 Å². The fourth-order valence-corrected chi connectivity index (χ4v) is 2.41. The first-order chi connectivity index (χ1) is 9.10. The molecule has 5 heteroatoms. The van der Waals surface area contributed by atoms with E-state index < -0.39 is 0 Å². The molecule has 3 atom stereocenters. The van der Waals surface area contributed by atoms with Crippen molar-refractivity contribution in [1.29, 1.82) is 5.41 Å². The van der Waals surface area contributed by atoms with Gasteiger partial charge in [-0.15, -0.1) is 0 Å². The fourth-order valence-electron chi connectivity index (χ4n) is 2.41. The summed E-state index contributed by atoms with van der Waals surface area (Å²) >= 11 is 0. The maximum absolute atomic E-state index is 11.0. The van der Waals surface area contributed by atoms with Gasteiger partial charge in [-0.25, -0.2) is 0 Å². The number of likely N-dealkylation sites (N-methyl/N-ethyl adjacent to an activating group) is 1. The SMILES string of the molecule is CCC(NC)C(NC=O)C(C)CCCCC(=O)C=N. The minimum atomic E-state index is -0.114. The standard InChI is InChI=1S/C14H27N3O2/c1-4-13(16-3)14(17-10-18)11(2)7-5-6-8-12(19)9-15/h9-11,13-16H,4-8H2,1-3H3,(H,17,18). The molecule has 0 rings (SSSR count). The third-order valence-electron chi connectivity index (χ3n) is 3.61. The van der Waals surface area contributed by atoms with Gasteiger partial charge in [0.1, 0.15) is 0 Å². The first kappa shape index (κ1) is 17.8. The zero-order chi connectivity index (χ0) is 14.7. The van der Waals surface area contributed by atoms with Gasteiger partial charge in [0.05, 0.1) is 6.21 Å². The molecule has 3 N–H and O–H groups in total. The molecule has 0 aromatic rings. The molecule has 0 radical (unpaired) electrons. The Morgan fingerprint density at radius 3 is 2.53 bits per heavy atom. The summed E-state index contributed by atoms with van der Waals surface area (Å²) in [5.41, 5.74) is 0. The highest BCUT2D eigenvalue weighted by molar-refractivity contribution is 6.26. The van der Waals surface area contributed by atoms with Crippen molar-refractivity contribution in [3.63, 3.8) is 0 Å². The van der Waals surface area contributed by atoms with E-state index in [1.807, 2.05) is 7.05 Å². The van der Waals surface area contributed by atoms with Crippen LogP contribution in [0.15, 0.2) is 0 Å². The summed E-state index contributed by atoms with van der Waals surface area (Å²) in [6.45, 7) is 4.22. The molecule has 0 bridgehead atoms. The molecule has 1 amide bonds. The highest BCUT2D eigenvalue weighted by Crippen LogP contribution is 2.17. The molecule has 0 saturated heterocycles. The summed E-state index contributed by atoms with van der Waals surface area (Å²) in [4.78, 5) is 21.7. The molecule has 0 saturated carbocycles. The maximum atomic E-state index is 11.0. The van der Waals surface area contributed by atoms with E-state index in [1.54, 1.807) is 0 Å². The van der Waals surface area contributed by atoms with Crippen LogP contribution in [0.2, 0.25) is 0 Å². The highest BCUT2D eigenvalue weighted by atomic mass is 16.1. The van der Waals surface area contributed by atoms with Gasteiger partial charge >= 0.3 is 0 Å². The van der Waals surface area contributed by atoms with Crippen molar-refractivity contribution in [2.45, 2.75) is 58.0 Å². The Hall–Kier alpha value is -1.23.